The number of carboxylic acid groups (broad SMARTS) is 1. The lowest BCUT2D eigenvalue weighted by molar-refractivity contribution is 0.0685. The number of anilines is 1. The number of halogens is 2. The van der Waals surface area contributed by atoms with E-state index in [1.807, 2.05) is 12.1 Å². The number of aryl methyl sites for hydroxylation is 1. The predicted molar refractivity (Wildman–Crippen MR) is 118 cm³/mol. The average Bonchev–Trinajstić information content (AvgIpc) is 3.07. The van der Waals surface area contributed by atoms with Gasteiger partial charge in [-0.15, -0.1) is 0 Å². The van der Waals surface area contributed by atoms with Gasteiger partial charge in [-0.2, -0.15) is 5.10 Å². The van der Waals surface area contributed by atoms with E-state index in [0.717, 1.165) is 14.5 Å². The molecule has 0 atom stereocenters. The van der Waals surface area contributed by atoms with Crippen LogP contribution in [0, 0.1) is 0 Å². The topological polar surface area (TPSA) is 87.5 Å². The molecule has 1 saturated carbocycles. The Morgan fingerprint density at radius 3 is 2.62 bits per heavy atom. The molecular weight excluding hydrogens is 504 g/mol. The Labute approximate surface area is 186 Å². The molecule has 7 nitrogen and oxygen atoms in total. The maximum absolute atomic E-state index is 12.9. The zero-order valence-corrected chi connectivity index (χ0v) is 19.6. The molecule has 1 amide bonds. The molecule has 0 saturated heterocycles. The Kier molecular flexibility index (Phi) is 7.13. The molecular formula is C20H24Br2N4O3. The zero-order chi connectivity index (χ0) is 21.1. The predicted octanol–water partition coefficient (Wildman–Crippen LogP) is 4.66. The summed E-state index contributed by atoms with van der Waals surface area (Å²) in [7, 11) is 3.70. The first-order valence-corrected chi connectivity index (χ1v) is 11.1. The first kappa shape index (κ1) is 22.0. The van der Waals surface area contributed by atoms with E-state index in [-0.39, 0.29) is 11.3 Å². The minimum Gasteiger partial charge on any atom is -0.476 e. The number of nitrogens with zero attached hydrogens (tertiary/aromatic N) is 3. The molecule has 1 aromatic heterocycles. The summed E-state index contributed by atoms with van der Waals surface area (Å²) in [5, 5.41) is 16.1. The van der Waals surface area contributed by atoms with Gasteiger partial charge in [0.25, 0.3) is 5.91 Å². The number of hydrogen-bond donors (Lipinski definition) is 2. The van der Waals surface area contributed by atoms with Crippen molar-refractivity contribution >= 4 is 49.4 Å². The summed E-state index contributed by atoms with van der Waals surface area (Å²) in [4.78, 5) is 26.6. The summed E-state index contributed by atoms with van der Waals surface area (Å²) in [6.07, 6.45) is 7.58. The molecule has 2 N–H and O–H groups in total. The second-order valence-corrected chi connectivity index (χ2v) is 9.22. The lowest BCUT2D eigenvalue weighted by Crippen LogP contribution is -2.33. The van der Waals surface area contributed by atoms with Gasteiger partial charge in [-0.05, 0) is 53.5 Å². The number of aromatic nitrogens is 2. The third-order valence-electron chi connectivity index (χ3n) is 5.27. The Morgan fingerprint density at radius 1 is 1.28 bits per heavy atom. The van der Waals surface area contributed by atoms with Crippen LogP contribution in [0.3, 0.4) is 0 Å². The first-order valence-electron chi connectivity index (χ1n) is 9.52. The molecule has 1 heterocycles. The summed E-state index contributed by atoms with van der Waals surface area (Å²) in [5.74, 6) is -1.73. The second kappa shape index (κ2) is 9.40. The SMILES string of the molecule is CN(Cc1cc(Br)cc(Br)c1NC(=O)c1cn(C)nc1C(=O)O)C1CCCCC1. The normalized spacial score (nSPS) is 14.9. The lowest BCUT2D eigenvalue weighted by Gasteiger charge is -2.32. The van der Waals surface area contributed by atoms with E-state index in [1.165, 1.54) is 43.0 Å². The molecule has 1 aromatic carbocycles. The van der Waals surface area contributed by atoms with Crippen LogP contribution in [0.15, 0.2) is 27.3 Å². The van der Waals surface area contributed by atoms with Crippen molar-refractivity contribution < 1.29 is 14.7 Å². The van der Waals surface area contributed by atoms with Crippen molar-refractivity contribution in [1.82, 2.24) is 14.7 Å². The van der Waals surface area contributed by atoms with E-state index in [9.17, 15) is 14.7 Å². The quantitative estimate of drug-likeness (QED) is 0.570. The van der Waals surface area contributed by atoms with Gasteiger partial charge in [0.2, 0.25) is 0 Å². The number of carbonyl (C=O) groups is 2. The minimum absolute atomic E-state index is 0.0291. The summed E-state index contributed by atoms with van der Waals surface area (Å²) in [6.45, 7) is 0.678. The fraction of sp³-hybridized carbons (Fsp3) is 0.450. The van der Waals surface area contributed by atoms with Crippen molar-refractivity contribution in [3.05, 3.63) is 44.1 Å². The van der Waals surface area contributed by atoms with E-state index in [2.05, 4.69) is 54.2 Å². The van der Waals surface area contributed by atoms with Gasteiger partial charge in [0, 0.05) is 34.8 Å². The van der Waals surface area contributed by atoms with Gasteiger partial charge in [-0.3, -0.25) is 14.4 Å². The number of benzene rings is 1. The Bertz CT molecular complexity index is 923. The van der Waals surface area contributed by atoms with Gasteiger partial charge in [-0.25, -0.2) is 4.79 Å². The van der Waals surface area contributed by atoms with Gasteiger partial charge in [0.15, 0.2) is 5.69 Å². The van der Waals surface area contributed by atoms with Gasteiger partial charge >= 0.3 is 5.97 Å². The third-order valence-corrected chi connectivity index (χ3v) is 6.35. The standard InChI is InChI=1S/C20H24Br2N4O3/c1-25(14-6-4-3-5-7-14)10-12-8-13(21)9-16(22)17(12)23-19(27)15-11-26(2)24-18(15)20(28)29/h8-9,11,14H,3-7,10H2,1-2H3,(H,23,27)(H,28,29). The zero-order valence-electron chi connectivity index (χ0n) is 16.4. The number of rotatable bonds is 6. The molecule has 0 aliphatic heterocycles. The van der Waals surface area contributed by atoms with Crippen LogP contribution in [0.5, 0.6) is 0 Å². The highest BCUT2D eigenvalue weighted by Crippen LogP contribution is 2.33. The van der Waals surface area contributed by atoms with Gasteiger partial charge in [0.1, 0.15) is 0 Å². The number of carboxylic acids is 1. The van der Waals surface area contributed by atoms with Crippen LogP contribution >= 0.6 is 31.9 Å². The van der Waals surface area contributed by atoms with Gasteiger partial charge < -0.3 is 10.4 Å². The molecule has 3 rings (SSSR count). The maximum Gasteiger partial charge on any atom is 0.357 e. The Morgan fingerprint density at radius 2 is 1.97 bits per heavy atom. The molecule has 9 heteroatoms. The maximum atomic E-state index is 12.9. The van der Waals surface area contributed by atoms with Crippen molar-refractivity contribution in [3.63, 3.8) is 0 Å². The molecule has 2 aromatic rings. The summed E-state index contributed by atoms with van der Waals surface area (Å²) in [6, 6.07) is 4.38. The third kappa shape index (κ3) is 5.26. The summed E-state index contributed by atoms with van der Waals surface area (Å²) < 4.78 is 2.96. The van der Waals surface area contributed by atoms with Crippen molar-refractivity contribution in [1.29, 1.82) is 0 Å². The highest BCUT2D eigenvalue weighted by atomic mass is 79.9. The second-order valence-electron chi connectivity index (χ2n) is 7.45. The number of aromatic carboxylic acids is 1. The molecule has 156 valence electrons. The van der Waals surface area contributed by atoms with Gasteiger partial charge in [-0.1, -0.05) is 35.2 Å². The van der Waals surface area contributed by atoms with Crippen molar-refractivity contribution in [2.75, 3.05) is 12.4 Å². The fourth-order valence-electron chi connectivity index (χ4n) is 3.80. The fourth-order valence-corrected chi connectivity index (χ4v) is 5.22. The largest absolute Gasteiger partial charge is 0.476 e. The number of amides is 1. The van der Waals surface area contributed by atoms with E-state index in [1.54, 1.807) is 7.05 Å². The Balaban J connectivity index is 1.87. The van der Waals surface area contributed by atoms with Gasteiger partial charge in [0.05, 0.1) is 11.3 Å². The molecule has 0 bridgehead atoms. The summed E-state index contributed by atoms with van der Waals surface area (Å²) >= 11 is 7.06. The van der Waals surface area contributed by atoms with Crippen LogP contribution in [-0.4, -0.2) is 44.8 Å². The van der Waals surface area contributed by atoms with Crippen molar-refractivity contribution in [2.45, 2.75) is 44.7 Å². The van der Waals surface area contributed by atoms with Crippen LogP contribution in [0.4, 0.5) is 5.69 Å². The molecule has 0 radical (unpaired) electrons. The smallest absolute Gasteiger partial charge is 0.357 e. The van der Waals surface area contributed by atoms with E-state index in [4.69, 9.17) is 0 Å². The van der Waals surface area contributed by atoms with E-state index < -0.39 is 11.9 Å². The molecule has 1 aliphatic carbocycles. The molecule has 0 spiro atoms. The average molecular weight is 528 g/mol. The molecule has 29 heavy (non-hydrogen) atoms. The summed E-state index contributed by atoms with van der Waals surface area (Å²) in [5.41, 5.74) is 1.36. The number of hydrogen-bond acceptors (Lipinski definition) is 4. The molecule has 1 fully saturated rings. The minimum atomic E-state index is -1.23. The molecule has 1 aliphatic rings. The monoisotopic (exact) mass is 526 g/mol. The van der Waals surface area contributed by atoms with Crippen molar-refractivity contribution in [2.24, 2.45) is 7.05 Å². The first-order chi connectivity index (χ1) is 13.8. The van der Waals surface area contributed by atoms with Crippen LogP contribution in [-0.2, 0) is 13.6 Å². The number of nitrogens with one attached hydrogen (secondary N) is 1. The highest BCUT2D eigenvalue weighted by molar-refractivity contribution is 9.11. The van der Waals surface area contributed by atoms with E-state index in [0.29, 0.717) is 18.3 Å². The molecule has 0 unspecified atom stereocenters. The lowest BCUT2D eigenvalue weighted by atomic mass is 9.94. The Hall–Kier alpha value is -1.71. The van der Waals surface area contributed by atoms with Crippen molar-refractivity contribution in [3.8, 4) is 0 Å². The van der Waals surface area contributed by atoms with E-state index >= 15 is 0 Å². The highest BCUT2D eigenvalue weighted by Gasteiger charge is 2.24. The van der Waals surface area contributed by atoms with Crippen LogP contribution in [0.2, 0.25) is 0 Å². The van der Waals surface area contributed by atoms with Crippen LogP contribution < -0.4 is 5.32 Å². The van der Waals surface area contributed by atoms with Crippen LogP contribution in [0.1, 0.15) is 58.5 Å². The number of carbonyl (C=O) groups excluding carboxylic acids is 1. The van der Waals surface area contributed by atoms with Crippen LogP contribution in [0.25, 0.3) is 0 Å².